The summed E-state index contributed by atoms with van der Waals surface area (Å²) in [6.45, 7) is 1.84. The summed E-state index contributed by atoms with van der Waals surface area (Å²) in [7, 11) is 1.32. The normalized spacial score (nSPS) is 12.2. The average molecular weight is 211 g/mol. The van der Waals surface area contributed by atoms with Gasteiger partial charge in [-0.25, -0.2) is 4.39 Å². The maximum atomic E-state index is 13.2. The predicted octanol–water partition coefficient (Wildman–Crippen LogP) is 2.07. The van der Waals surface area contributed by atoms with E-state index in [9.17, 15) is 9.18 Å². The van der Waals surface area contributed by atoms with Crippen molar-refractivity contribution in [1.29, 1.82) is 0 Å². The van der Waals surface area contributed by atoms with Gasteiger partial charge in [-0.3, -0.25) is 4.79 Å². The van der Waals surface area contributed by atoms with E-state index in [4.69, 9.17) is 5.73 Å². The molecular weight excluding hydrogens is 197 g/mol. The van der Waals surface area contributed by atoms with Crippen LogP contribution in [-0.4, -0.2) is 13.1 Å². The van der Waals surface area contributed by atoms with Crippen LogP contribution in [0.25, 0.3) is 0 Å². The maximum absolute atomic E-state index is 13.2. The molecule has 3 nitrogen and oxygen atoms in total. The van der Waals surface area contributed by atoms with Gasteiger partial charge in [-0.05, 0) is 24.1 Å². The molecule has 0 heterocycles. The number of halogens is 1. The summed E-state index contributed by atoms with van der Waals surface area (Å²) >= 11 is 0. The molecule has 1 unspecified atom stereocenters. The molecule has 1 atom stereocenters. The number of nitrogen functional groups attached to an aromatic ring is 1. The number of benzene rings is 1. The lowest BCUT2D eigenvalue weighted by Crippen LogP contribution is -2.13. The lowest BCUT2D eigenvalue weighted by molar-refractivity contribution is -0.142. The van der Waals surface area contributed by atoms with Crippen LogP contribution in [0.4, 0.5) is 10.1 Å². The third kappa shape index (κ3) is 2.46. The van der Waals surface area contributed by atoms with Crippen LogP contribution in [0.2, 0.25) is 0 Å². The van der Waals surface area contributed by atoms with Crippen LogP contribution in [0.15, 0.2) is 18.2 Å². The Bertz CT molecular complexity index is 366. The van der Waals surface area contributed by atoms with E-state index in [1.807, 2.05) is 6.92 Å². The standard InChI is InChI=1S/C11H14FNO2/c1-3-8(11(14)15-2)7-4-5-10(13)9(12)6-7/h4-6,8H,3,13H2,1-2H3. The molecule has 0 fully saturated rings. The first-order valence-corrected chi connectivity index (χ1v) is 4.72. The molecule has 2 N–H and O–H groups in total. The van der Waals surface area contributed by atoms with Gasteiger partial charge in [0.1, 0.15) is 5.82 Å². The Hall–Kier alpha value is -1.58. The maximum Gasteiger partial charge on any atom is 0.313 e. The lowest BCUT2D eigenvalue weighted by atomic mass is 9.96. The highest BCUT2D eigenvalue weighted by Crippen LogP contribution is 2.23. The van der Waals surface area contributed by atoms with Crippen molar-refractivity contribution in [3.05, 3.63) is 29.6 Å². The van der Waals surface area contributed by atoms with Crippen LogP contribution >= 0.6 is 0 Å². The van der Waals surface area contributed by atoms with E-state index in [0.29, 0.717) is 12.0 Å². The average Bonchev–Trinajstić information content (AvgIpc) is 2.24. The van der Waals surface area contributed by atoms with Crippen LogP contribution in [0.5, 0.6) is 0 Å². The summed E-state index contributed by atoms with van der Waals surface area (Å²) < 4.78 is 17.8. The minimum absolute atomic E-state index is 0.0819. The van der Waals surface area contributed by atoms with Crippen LogP contribution in [0.1, 0.15) is 24.8 Å². The van der Waals surface area contributed by atoms with Crippen molar-refractivity contribution in [2.24, 2.45) is 0 Å². The highest BCUT2D eigenvalue weighted by Gasteiger charge is 2.19. The van der Waals surface area contributed by atoms with Crippen molar-refractivity contribution in [2.45, 2.75) is 19.3 Å². The molecular formula is C11H14FNO2. The van der Waals surface area contributed by atoms with Gasteiger partial charge >= 0.3 is 5.97 Å². The van der Waals surface area contributed by atoms with E-state index in [0.717, 1.165) is 0 Å². The van der Waals surface area contributed by atoms with Gasteiger partial charge in [0.25, 0.3) is 0 Å². The molecule has 0 aliphatic rings. The summed E-state index contributed by atoms with van der Waals surface area (Å²) in [6, 6.07) is 4.38. The van der Waals surface area contributed by atoms with Crippen molar-refractivity contribution in [2.75, 3.05) is 12.8 Å². The first-order chi connectivity index (χ1) is 7.10. The van der Waals surface area contributed by atoms with Gasteiger partial charge in [-0.1, -0.05) is 13.0 Å². The lowest BCUT2D eigenvalue weighted by Gasteiger charge is -2.13. The highest BCUT2D eigenvalue weighted by molar-refractivity contribution is 5.78. The Labute approximate surface area is 88.0 Å². The fourth-order valence-electron chi connectivity index (χ4n) is 1.44. The van der Waals surface area contributed by atoms with E-state index >= 15 is 0 Å². The molecule has 0 aliphatic carbocycles. The molecule has 82 valence electrons. The first-order valence-electron chi connectivity index (χ1n) is 4.72. The van der Waals surface area contributed by atoms with Crippen molar-refractivity contribution in [3.63, 3.8) is 0 Å². The fourth-order valence-corrected chi connectivity index (χ4v) is 1.44. The van der Waals surface area contributed by atoms with Crippen molar-refractivity contribution >= 4 is 11.7 Å². The number of methoxy groups -OCH3 is 1. The summed E-state index contributed by atoms with van der Waals surface area (Å²) in [6.07, 6.45) is 0.566. The number of ether oxygens (including phenoxy) is 1. The molecule has 15 heavy (non-hydrogen) atoms. The molecule has 0 saturated carbocycles. The molecule has 0 amide bonds. The summed E-state index contributed by atoms with van der Waals surface area (Å²) in [5.41, 5.74) is 6.02. The number of anilines is 1. The van der Waals surface area contributed by atoms with Gasteiger partial charge in [0.15, 0.2) is 0 Å². The van der Waals surface area contributed by atoms with E-state index in [1.54, 1.807) is 6.07 Å². The summed E-state index contributed by atoms with van der Waals surface area (Å²) in [5.74, 6) is -1.29. The van der Waals surface area contributed by atoms with Crippen LogP contribution < -0.4 is 5.73 Å². The Kier molecular flexibility index (Phi) is 3.66. The largest absolute Gasteiger partial charge is 0.469 e. The number of nitrogens with two attached hydrogens (primary N) is 1. The fraction of sp³-hybridized carbons (Fsp3) is 0.364. The minimum Gasteiger partial charge on any atom is -0.469 e. The molecule has 0 radical (unpaired) electrons. The zero-order chi connectivity index (χ0) is 11.4. The summed E-state index contributed by atoms with van der Waals surface area (Å²) in [5, 5.41) is 0. The van der Waals surface area contributed by atoms with Gasteiger partial charge in [0.2, 0.25) is 0 Å². The zero-order valence-corrected chi connectivity index (χ0v) is 8.79. The second kappa shape index (κ2) is 4.77. The third-order valence-corrected chi connectivity index (χ3v) is 2.32. The Morgan fingerprint density at radius 3 is 2.73 bits per heavy atom. The predicted molar refractivity (Wildman–Crippen MR) is 55.9 cm³/mol. The van der Waals surface area contributed by atoms with Crippen LogP contribution in [0.3, 0.4) is 0 Å². The smallest absolute Gasteiger partial charge is 0.313 e. The number of carbonyl (C=O) groups is 1. The van der Waals surface area contributed by atoms with Crippen molar-refractivity contribution < 1.29 is 13.9 Å². The zero-order valence-electron chi connectivity index (χ0n) is 8.79. The molecule has 0 saturated heterocycles. The second-order valence-corrected chi connectivity index (χ2v) is 3.26. The number of carbonyl (C=O) groups excluding carboxylic acids is 1. The highest BCUT2D eigenvalue weighted by atomic mass is 19.1. The monoisotopic (exact) mass is 211 g/mol. The molecule has 1 aromatic carbocycles. The van der Waals surface area contributed by atoms with E-state index in [1.165, 1.54) is 19.2 Å². The van der Waals surface area contributed by atoms with Gasteiger partial charge < -0.3 is 10.5 Å². The van der Waals surface area contributed by atoms with Crippen LogP contribution in [-0.2, 0) is 9.53 Å². The topological polar surface area (TPSA) is 52.3 Å². The molecule has 4 heteroatoms. The first kappa shape index (κ1) is 11.5. The number of hydrogen-bond acceptors (Lipinski definition) is 3. The van der Waals surface area contributed by atoms with E-state index in [2.05, 4.69) is 4.74 Å². The number of hydrogen-bond donors (Lipinski definition) is 1. The molecule has 1 rings (SSSR count). The third-order valence-electron chi connectivity index (χ3n) is 2.32. The van der Waals surface area contributed by atoms with E-state index in [-0.39, 0.29) is 11.7 Å². The van der Waals surface area contributed by atoms with Gasteiger partial charge in [-0.15, -0.1) is 0 Å². The summed E-state index contributed by atoms with van der Waals surface area (Å²) in [4.78, 5) is 11.4. The molecule has 0 aromatic heterocycles. The van der Waals surface area contributed by atoms with Crippen molar-refractivity contribution in [1.82, 2.24) is 0 Å². The quantitative estimate of drug-likeness (QED) is 0.615. The van der Waals surface area contributed by atoms with Gasteiger partial charge in [-0.2, -0.15) is 0 Å². The number of rotatable bonds is 3. The number of esters is 1. The molecule has 0 spiro atoms. The van der Waals surface area contributed by atoms with Gasteiger partial charge in [0, 0.05) is 0 Å². The second-order valence-electron chi connectivity index (χ2n) is 3.26. The minimum atomic E-state index is -0.505. The van der Waals surface area contributed by atoms with Gasteiger partial charge in [0.05, 0.1) is 18.7 Å². The molecule has 0 aliphatic heterocycles. The van der Waals surface area contributed by atoms with Crippen LogP contribution in [0, 0.1) is 5.82 Å². The Morgan fingerprint density at radius 2 is 2.27 bits per heavy atom. The SMILES string of the molecule is CCC(C(=O)OC)c1ccc(N)c(F)c1. The Balaban J connectivity index is 3.02. The van der Waals surface area contributed by atoms with Crippen molar-refractivity contribution in [3.8, 4) is 0 Å². The Morgan fingerprint density at radius 1 is 1.60 bits per heavy atom. The molecule has 0 bridgehead atoms. The molecule has 1 aromatic rings. The van der Waals surface area contributed by atoms with E-state index < -0.39 is 11.7 Å².